The van der Waals surface area contributed by atoms with Crippen LogP contribution >= 0.6 is 0 Å². The molecule has 0 aromatic heterocycles. The summed E-state index contributed by atoms with van der Waals surface area (Å²) in [7, 11) is 2.21. The van der Waals surface area contributed by atoms with Gasteiger partial charge in [0.1, 0.15) is 5.41 Å². The van der Waals surface area contributed by atoms with Gasteiger partial charge in [-0.2, -0.15) is 5.26 Å². The molecular formula is C14H21N3O. The van der Waals surface area contributed by atoms with E-state index >= 15 is 0 Å². The van der Waals surface area contributed by atoms with Crippen molar-refractivity contribution >= 4 is 5.91 Å². The van der Waals surface area contributed by atoms with E-state index in [0.717, 1.165) is 25.7 Å². The molecule has 2 aliphatic heterocycles. The summed E-state index contributed by atoms with van der Waals surface area (Å²) in [4.78, 5) is 14.6. The van der Waals surface area contributed by atoms with Gasteiger partial charge in [0.2, 0.25) is 5.91 Å². The van der Waals surface area contributed by atoms with E-state index in [-0.39, 0.29) is 11.9 Å². The van der Waals surface area contributed by atoms with Gasteiger partial charge in [0, 0.05) is 18.1 Å². The molecule has 4 nitrogen and oxygen atoms in total. The number of fused-ring (bicyclic) bond motifs is 2. The molecule has 0 radical (unpaired) electrons. The fraction of sp³-hybridized carbons (Fsp3) is 0.857. The Kier molecular flexibility index (Phi) is 2.82. The molecule has 4 heteroatoms. The predicted molar refractivity (Wildman–Crippen MR) is 67.6 cm³/mol. The molecule has 3 aliphatic rings. The highest BCUT2D eigenvalue weighted by molar-refractivity contribution is 5.88. The Bertz CT molecular complexity index is 382. The Balaban J connectivity index is 1.62. The van der Waals surface area contributed by atoms with E-state index in [9.17, 15) is 4.79 Å². The van der Waals surface area contributed by atoms with Crippen LogP contribution in [0.2, 0.25) is 0 Å². The lowest BCUT2D eigenvalue weighted by atomic mass is 9.82. The standard InChI is InChI=1S/C14H21N3O/c1-17-11-3-2-4-12(17)8-10(7-11)16-13(18)14(9-15)5-6-14/h10-12H,2-8H2,1H3,(H,16,18). The molecule has 2 atom stereocenters. The van der Waals surface area contributed by atoms with E-state index < -0.39 is 5.41 Å². The van der Waals surface area contributed by atoms with Crippen LogP contribution < -0.4 is 5.32 Å². The molecule has 1 saturated carbocycles. The van der Waals surface area contributed by atoms with E-state index in [2.05, 4.69) is 23.3 Å². The summed E-state index contributed by atoms with van der Waals surface area (Å²) in [6, 6.07) is 3.72. The summed E-state index contributed by atoms with van der Waals surface area (Å²) in [6.07, 6.45) is 7.43. The number of rotatable bonds is 2. The zero-order valence-corrected chi connectivity index (χ0v) is 11.0. The number of nitrogens with zero attached hydrogens (tertiary/aromatic N) is 2. The van der Waals surface area contributed by atoms with Crippen LogP contribution in [0.5, 0.6) is 0 Å². The van der Waals surface area contributed by atoms with Crippen LogP contribution in [0.1, 0.15) is 44.9 Å². The molecule has 3 fully saturated rings. The number of hydrogen-bond donors (Lipinski definition) is 1. The molecule has 18 heavy (non-hydrogen) atoms. The lowest BCUT2D eigenvalue weighted by Crippen LogP contribution is -2.56. The Labute approximate surface area is 108 Å². The van der Waals surface area contributed by atoms with E-state index in [1.54, 1.807) is 0 Å². The van der Waals surface area contributed by atoms with Crippen molar-refractivity contribution in [1.29, 1.82) is 5.26 Å². The number of piperidine rings is 2. The van der Waals surface area contributed by atoms with Gasteiger partial charge in [0.25, 0.3) is 0 Å². The van der Waals surface area contributed by atoms with E-state index in [1.165, 1.54) is 19.3 Å². The Hall–Kier alpha value is -1.08. The maximum atomic E-state index is 12.1. The van der Waals surface area contributed by atoms with Crippen molar-refractivity contribution in [1.82, 2.24) is 10.2 Å². The number of nitriles is 1. The van der Waals surface area contributed by atoms with Crippen molar-refractivity contribution < 1.29 is 4.79 Å². The second-order valence-electron chi connectivity index (χ2n) is 6.24. The fourth-order valence-electron chi connectivity index (χ4n) is 3.57. The van der Waals surface area contributed by atoms with Crippen molar-refractivity contribution in [2.75, 3.05) is 7.05 Å². The minimum atomic E-state index is -0.668. The normalized spacial score (nSPS) is 37.7. The molecule has 1 aliphatic carbocycles. The second kappa shape index (κ2) is 4.24. The van der Waals surface area contributed by atoms with Crippen molar-refractivity contribution in [2.24, 2.45) is 5.41 Å². The molecule has 98 valence electrons. The summed E-state index contributed by atoms with van der Waals surface area (Å²) in [5, 5.41) is 12.2. The Morgan fingerprint density at radius 2 is 1.94 bits per heavy atom. The van der Waals surface area contributed by atoms with E-state index in [4.69, 9.17) is 5.26 Å². The summed E-state index contributed by atoms with van der Waals surface area (Å²) in [5.41, 5.74) is -0.668. The third-order valence-electron chi connectivity index (χ3n) is 5.07. The van der Waals surface area contributed by atoms with Crippen LogP contribution in [0.3, 0.4) is 0 Å². The number of carbonyl (C=O) groups is 1. The molecule has 0 aromatic rings. The summed E-state index contributed by atoms with van der Waals surface area (Å²) in [6.45, 7) is 0. The molecule has 2 heterocycles. The van der Waals surface area contributed by atoms with Crippen LogP contribution in [-0.4, -0.2) is 36.0 Å². The minimum Gasteiger partial charge on any atom is -0.352 e. The largest absolute Gasteiger partial charge is 0.352 e. The van der Waals surface area contributed by atoms with Crippen LogP contribution in [0.15, 0.2) is 0 Å². The topological polar surface area (TPSA) is 56.1 Å². The summed E-state index contributed by atoms with van der Waals surface area (Å²) >= 11 is 0. The van der Waals surface area contributed by atoms with Crippen molar-refractivity contribution in [3.63, 3.8) is 0 Å². The summed E-state index contributed by atoms with van der Waals surface area (Å²) < 4.78 is 0. The van der Waals surface area contributed by atoms with E-state index in [0.29, 0.717) is 12.1 Å². The zero-order chi connectivity index (χ0) is 12.8. The molecule has 1 amide bonds. The maximum Gasteiger partial charge on any atom is 0.240 e. The lowest BCUT2D eigenvalue weighted by Gasteiger charge is -2.47. The highest BCUT2D eigenvalue weighted by Gasteiger charge is 2.51. The predicted octanol–water partition coefficient (Wildman–Crippen LogP) is 1.42. The first kappa shape index (κ1) is 12.0. The minimum absolute atomic E-state index is 0.0161. The van der Waals surface area contributed by atoms with Gasteiger partial charge in [0.15, 0.2) is 0 Å². The van der Waals surface area contributed by atoms with Crippen LogP contribution in [0, 0.1) is 16.7 Å². The van der Waals surface area contributed by atoms with Gasteiger partial charge in [-0.15, -0.1) is 0 Å². The molecular weight excluding hydrogens is 226 g/mol. The van der Waals surface area contributed by atoms with Gasteiger partial charge < -0.3 is 10.2 Å². The van der Waals surface area contributed by atoms with Crippen LogP contribution in [-0.2, 0) is 4.79 Å². The maximum absolute atomic E-state index is 12.1. The SMILES string of the molecule is CN1C2CCCC1CC(NC(=O)C1(C#N)CC1)C2. The Morgan fingerprint density at radius 1 is 1.33 bits per heavy atom. The first-order valence-corrected chi connectivity index (χ1v) is 7.09. The average molecular weight is 247 g/mol. The first-order valence-electron chi connectivity index (χ1n) is 7.09. The number of hydrogen-bond acceptors (Lipinski definition) is 3. The number of amides is 1. The third-order valence-corrected chi connectivity index (χ3v) is 5.07. The average Bonchev–Trinajstić information content (AvgIpc) is 3.11. The van der Waals surface area contributed by atoms with Gasteiger partial charge in [-0.3, -0.25) is 4.79 Å². The number of carbonyl (C=O) groups excluding carboxylic acids is 1. The molecule has 1 N–H and O–H groups in total. The van der Waals surface area contributed by atoms with Gasteiger partial charge in [-0.25, -0.2) is 0 Å². The van der Waals surface area contributed by atoms with Gasteiger partial charge in [-0.05, 0) is 45.6 Å². The van der Waals surface area contributed by atoms with Crippen LogP contribution in [0.25, 0.3) is 0 Å². The Morgan fingerprint density at radius 3 is 2.44 bits per heavy atom. The highest BCUT2D eigenvalue weighted by atomic mass is 16.2. The van der Waals surface area contributed by atoms with Crippen molar-refractivity contribution in [2.45, 2.75) is 63.1 Å². The molecule has 2 unspecified atom stereocenters. The molecule has 0 spiro atoms. The summed E-state index contributed by atoms with van der Waals surface area (Å²) in [5.74, 6) is -0.0161. The third kappa shape index (κ3) is 1.91. The van der Waals surface area contributed by atoms with E-state index in [1.807, 2.05) is 0 Å². The first-order chi connectivity index (χ1) is 8.64. The van der Waals surface area contributed by atoms with Gasteiger partial charge in [-0.1, -0.05) is 6.42 Å². The molecule has 2 bridgehead atoms. The monoisotopic (exact) mass is 247 g/mol. The van der Waals surface area contributed by atoms with Crippen molar-refractivity contribution in [3.05, 3.63) is 0 Å². The lowest BCUT2D eigenvalue weighted by molar-refractivity contribution is -0.126. The second-order valence-corrected chi connectivity index (χ2v) is 6.24. The molecule has 3 rings (SSSR count). The van der Waals surface area contributed by atoms with Crippen molar-refractivity contribution in [3.8, 4) is 6.07 Å². The smallest absolute Gasteiger partial charge is 0.240 e. The number of nitrogens with one attached hydrogen (secondary N) is 1. The molecule has 0 aromatic carbocycles. The fourth-order valence-corrected chi connectivity index (χ4v) is 3.57. The highest BCUT2D eigenvalue weighted by Crippen LogP contribution is 2.45. The zero-order valence-electron chi connectivity index (χ0n) is 11.0. The quantitative estimate of drug-likeness (QED) is 0.803. The van der Waals surface area contributed by atoms with Crippen LogP contribution in [0.4, 0.5) is 0 Å². The van der Waals surface area contributed by atoms with Gasteiger partial charge >= 0.3 is 0 Å². The van der Waals surface area contributed by atoms with Gasteiger partial charge in [0.05, 0.1) is 6.07 Å². The molecule has 2 saturated heterocycles.